The second kappa shape index (κ2) is 7.31. The predicted molar refractivity (Wildman–Crippen MR) is 100 cm³/mol. The third-order valence-electron chi connectivity index (χ3n) is 4.20. The Hall–Kier alpha value is -1.94. The minimum atomic E-state index is -0.193. The zero-order valence-electron chi connectivity index (χ0n) is 14.3. The smallest absolute Gasteiger partial charge is 0.123 e. The van der Waals surface area contributed by atoms with Crippen molar-refractivity contribution in [3.05, 3.63) is 70.5 Å². The molecular weight excluding hydrogens is 321 g/mol. The standard InChI is InChI=1S/C20H22FNOS/c1-4-24-20-10-14(2)18-12-17(23-3)8-9-19(18)22(20)13-15-6-5-7-16(21)11-15/h5-12,14H,4,13H2,1-3H3. The molecule has 2 nitrogen and oxygen atoms in total. The highest BCUT2D eigenvalue weighted by Gasteiger charge is 2.24. The number of allylic oxidation sites excluding steroid dienone is 1. The van der Waals surface area contributed by atoms with Gasteiger partial charge in [-0.2, -0.15) is 0 Å². The van der Waals surface area contributed by atoms with Crippen LogP contribution in [-0.2, 0) is 6.54 Å². The molecule has 0 fully saturated rings. The molecule has 0 saturated heterocycles. The van der Waals surface area contributed by atoms with Crippen molar-refractivity contribution in [1.82, 2.24) is 0 Å². The molecule has 0 aliphatic carbocycles. The van der Waals surface area contributed by atoms with Gasteiger partial charge in [-0.05, 0) is 53.3 Å². The van der Waals surface area contributed by atoms with Crippen LogP contribution in [-0.4, -0.2) is 12.9 Å². The molecule has 0 amide bonds. The summed E-state index contributed by atoms with van der Waals surface area (Å²) in [4.78, 5) is 2.28. The number of fused-ring (bicyclic) bond motifs is 1. The molecule has 0 radical (unpaired) electrons. The lowest BCUT2D eigenvalue weighted by atomic mass is 9.95. The Labute approximate surface area is 147 Å². The molecule has 4 heteroatoms. The van der Waals surface area contributed by atoms with Gasteiger partial charge >= 0.3 is 0 Å². The van der Waals surface area contributed by atoms with E-state index in [1.54, 1.807) is 19.2 Å². The lowest BCUT2D eigenvalue weighted by Gasteiger charge is -2.35. The predicted octanol–water partition coefficient (Wildman–Crippen LogP) is 5.55. The zero-order chi connectivity index (χ0) is 17.1. The molecule has 3 rings (SSSR count). The summed E-state index contributed by atoms with van der Waals surface area (Å²) in [6, 6.07) is 13.0. The quantitative estimate of drug-likeness (QED) is 0.706. The Kier molecular flexibility index (Phi) is 5.14. The first-order valence-corrected chi connectivity index (χ1v) is 9.15. The van der Waals surface area contributed by atoms with E-state index >= 15 is 0 Å². The summed E-state index contributed by atoms with van der Waals surface area (Å²) in [6.45, 7) is 5.01. The molecule has 0 spiro atoms. The van der Waals surface area contributed by atoms with Gasteiger partial charge in [-0.15, -0.1) is 11.8 Å². The maximum atomic E-state index is 13.6. The number of methoxy groups -OCH3 is 1. The van der Waals surface area contributed by atoms with E-state index in [9.17, 15) is 4.39 Å². The van der Waals surface area contributed by atoms with E-state index in [0.717, 1.165) is 17.1 Å². The number of anilines is 1. The lowest BCUT2D eigenvalue weighted by molar-refractivity contribution is 0.414. The van der Waals surface area contributed by atoms with Crippen LogP contribution in [0.5, 0.6) is 5.75 Å². The van der Waals surface area contributed by atoms with Crippen LogP contribution in [0, 0.1) is 5.82 Å². The molecule has 126 valence electrons. The van der Waals surface area contributed by atoms with Crippen LogP contribution in [0.2, 0.25) is 0 Å². The molecular formula is C20H22FNOS. The molecule has 0 N–H and O–H groups in total. The summed E-state index contributed by atoms with van der Waals surface area (Å²) in [6.07, 6.45) is 2.29. The van der Waals surface area contributed by atoms with E-state index in [4.69, 9.17) is 4.74 Å². The van der Waals surface area contributed by atoms with Gasteiger partial charge in [0.2, 0.25) is 0 Å². The van der Waals surface area contributed by atoms with E-state index in [2.05, 4.69) is 37.0 Å². The first-order chi connectivity index (χ1) is 11.6. The van der Waals surface area contributed by atoms with Gasteiger partial charge in [0.05, 0.1) is 12.1 Å². The summed E-state index contributed by atoms with van der Waals surface area (Å²) >= 11 is 1.82. The van der Waals surface area contributed by atoms with Crippen LogP contribution >= 0.6 is 11.8 Å². The van der Waals surface area contributed by atoms with E-state index in [-0.39, 0.29) is 5.82 Å². The third kappa shape index (κ3) is 3.44. The number of hydrogen-bond donors (Lipinski definition) is 0. The van der Waals surface area contributed by atoms with Crippen LogP contribution in [0.25, 0.3) is 0 Å². The fraction of sp³-hybridized carbons (Fsp3) is 0.300. The summed E-state index contributed by atoms with van der Waals surface area (Å²) in [5.41, 5.74) is 3.38. The van der Waals surface area contributed by atoms with E-state index < -0.39 is 0 Å². The number of rotatable bonds is 5. The Balaban J connectivity index is 2.01. The van der Waals surface area contributed by atoms with Gasteiger partial charge in [-0.1, -0.05) is 26.0 Å². The SMILES string of the molecule is CCSC1=CC(C)c2cc(OC)ccc2N1Cc1cccc(F)c1. The minimum absolute atomic E-state index is 0.193. The first kappa shape index (κ1) is 16.9. The maximum absolute atomic E-state index is 13.6. The normalized spacial score (nSPS) is 16.6. The van der Waals surface area contributed by atoms with E-state index in [1.165, 1.54) is 22.3 Å². The average Bonchev–Trinajstić information content (AvgIpc) is 2.58. The molecule has 1 unspecified atom stereocenters. The van der Waals surface area contributed by atoms with Crippen LogP contribution in [0.1, 0.15) is 30.9 Å². The van der Waals surface area contributed by atoms with Gasteiger partial charge in [0.15, 0.2) is 0 Å². The number of ether oxygens (including phenoxy) is 1. The minimum Gasteiger partial charge on any atom is -0.497 e. The topological polar surface area (TPSA) is 12.5 Å². The van der Waals surface area contributed by atoms with Crippen molar-refractivity contribution in [2.45, 2.75) is 26.3 Å². The van der Waals surface area contributed by atoms with Gasteiger partial charge in [0.25, 0.3) is 0 Å². The fourth-order valence-corrected chi connectivity index (χ4v) is 3.95. The molecule has 1 atom stereocenters. The molecule has 1 aliphatic rings. The van der Waals surface area contributed by atoms with Crippen molar-refractivity contribution < 1.29 is 9.13 Å². The van der Waals surface area contributed by atoms with Crippen LogP contribution in [0.15, 0.2) is 53.6 Å². The number of nitrogens with zero attached hydrogens (tertiary/aromatic N) is 1. The summed E-state index contributed by atoms with van der Waals surface area (Å²) in [5, 5.41) is 1.23. The van der Waals surface area contributed by atoms with Crippen LogP contribution in [0.4, 0.5) is 10.1 Å². The van der Waals surface area contributed by atoms with Crippen molar-refractivity contribution in [2.75, 3.05) is 17.8 Å². The summed E-state index contributed by atoms with van der Waals surface area (Å²) in [7, 11) is 1.69. The van der Waals surface area contributed by atoms with Gasteiger partial charge < -0.3 is 9.64 Å². The number of hydrogen-bond acceptors (Lipinski definition) is 3. The maximum Gasteiger partial charge on any atom is 0.123 e. The molecule has 0 bridgehead atoms. The summed E-state index contributed by atoms with van der Waals surface area (Å²) < 4.78 is 18.9. The van der Waals surface area contributed by atoms with Gasteiger partial charge in [-0.3, -0.25) is 0 Å². The molecule has 1 aliphatic heterocycles. The van der Waals surface area contributed by atoms with Crippen LogP contribution < -0.4 is 9.64 Å². The number of thioether (sulfide) groups is 1. The highest BCUT2D eigenvalue weighted by Crippen LogP contribution is 2.42. The van der Waals surface area contributed by atoms with Crippen LogP contribution in [0.3, 0.4) is 0 Å². The highest BCUT2D eigenvalue weighted by atomic mass is 32.2. The molecule has 1 heterocycles. The largest absolute Gasteiger partial charge is 0.497 e. The van der Waals surface area contributed by atoms with Gasteiger partial charge in [0, 0.05) is 18.2 Å². The fourth-order valence-electron chi connectivity index (χ4n) is 3.04. The third-order valence-corrected chi connectivity index (χ3v) is 5.14. The Morgan fingerprint density at radius 2 is 2.04 bits per heavy atom. The Bertz CT molecular complexity index is 759. The Morgan fingerprint density at radius 1 is 1.21 bits per heavy atom. The molecule has 0 aromatic heterocycles. The second-order valence-electron chi connectivity index (χ2n) is 5.87. The molecule has 2 aromatic carbocycles. The van der Waals surface area contributed by atoms with Crippen molar-refractivity contribution in [3.63, 3.8) is 0 Å². The molecule has 0 saturated carbocycles. The zero-order valence-corrected chi connectivity index (χ0v) is 15.1. The van der Waals surface area contributed by atoms with E-state index in [1.807, 2.05) is 23.9 Å². The van der Waals surface area contributed by atoms with Crippen molar-refractivity contribution in [1.29, 1.82) is 0 Å². The van der Waals surface area contributed by atoms with Crippen molar-refractivity contribution in [2.24, 2.45) is 0 Å². The number of benzene rings is 2. The lowest BCUT2D eigenvalue weighted by Crippen LogP contribution is -2.25. The van der Waals surface area contributed by atoms with Gasteiger partial charge in [0.1, 0.15) is 11.6 Å². The van der Waals surface area contributed by atoms with E-state index in [0.29, 0.717) is 12.5 Å². The van der Waals surface area contributed by atoms with Crippen molar-refractivity contribution >= 4 is 17.4 Å². The highest BCUT2D eigenvalue weighted by molar-refractivity contribution is 8.03. The molecule has 24 heavy (non-hydrogen) atoms. The number of halogens is 1. The Morgan fingerprint density at radius 3 is 2.75 bits per heavy atom. The summed E-state index contributed by atoms with van der Waals surface area (Å²) in [5.74, 6) is 2.00. The first-order valence-electron chi connectivity index (χ1n) is 8.17. The second-order valence-corrected chi connectivity index (χ2v) is 7.15. The van der Waals surface area contributed by atoms with Crippen molar-refractivity contribution in [3.8, 4) is 5.75 Å². The average molecular weight is 343 g/mol. The molecule has 2 aromatic rings. The van der Waals surface area contributed by atoms with Gasteiger partial charge in [-0.25, -0.2) is 4.39 Å². The monoisotopic (exact) mass is 343 g/mol.